The summed E-state index contributed by atoms with van der Waals surface area (Å²) in [6.07, 6.45) is 4.84. The van der Waals surface area contributed by atoms with Crippen molar-refractivity contribution >= 4 is 17.3 Å². The van der Waals surface area contributed by atoms with Gasteiger partial charge in [0.15, 0.2) is 5.82 Å². The Kier molecular flexibility index (Phi) is 3.58. The minimum absolute atomic E-state index is 0.528. The fourth-order valence-corrected chi connectivity index (χ4v) is 2.54. The SMILES string of the molecule is CCCC(C(=O)O)n1ccnc1-c1cccs1. The lowest BCUT2D eigenvalue weighted by molar-refractivity contribution is -0.141. The first-order valence-electron chi connectivity index (χ1n) is 5.53. The molecule has 2 heterocycles. The Morgan fingerprint density at radius 2 is 2.47 bits per heavy atom. The lowest BCUT2D eigenvalue weighted by Gasteiger charge is -2.15. The molecule has 2 aromatic heterocycles. The van der Waals surface area contributed by atoms with E-state index in [-0.39, 0.29) is 0 Å². The minimum Gasteiger partial charge on any atom is -0.480 e. The summed E-state index contributed by atoms with van der Waals surface area (Å²) in [4.78, 5) is 16.5. The summed E-state index contributed by atoms with van der Waals surface area (Å²) < 4.78 is 1.75. The highest BCUT2D eigenvalue weighted by Gasteiger charge is 2.21. The molecule has 1 atom stereocenters. The quantitative estimate of drug-likeness (QED) is 0.887. The molecule has 90 valence electrons. The standard InChI is InChI=1S/C12H14N2O2S/c1-2-4-9(12(15)16)14-7-6-13-11(14)10-5-3-8-17-10/h3,5-9H,2,4H2,1H3,(H,15,16). The second-order valence-electron chi connectivity index (χ2n) is 3.78. The molecule has 0 spiro atoms. The van der Waals surface area contributed by atoms with Crippen LogP contribution < -0.4 is 0 Å². The first kappa shape index (κ1) is 11.9. The number of rotatable bonds is 5. The molecule has 2 aromatic rings. The Labute approximate surface area is 104 Å². The van der Waals surface area contributed by atoms with Crippen LogP contribution in [0.5, 0.6) is 0 Å². The van der Waals surface area contributed by atoms with Gasteiger partial charge in [-0.15, -0.1) is 11.3 Å². The van der Waals surface area contributed by atoms with Gasteiger partial charge in [0.25, 0.3) is 0 Å². The van der Waals surface area contributed by atoms with E-state index in [4.69, 9.17) is 0 Å². The van der Waals surface area contributed by atoms with Crippen LogP contribution in [0.25, 0.3) is 10.7 Å². The number of aromatic nitrogens is 2. The summed E-state index contributed by atoms with van der Waals surface area (Å²) in [7, 11) is 0. The first-order valence-corrected chi connectivity index (χ1v) is 6.41. The molecule has 5 heteroatoms. The van der Waals surface area contributed by atoms with Crippen LogP contribution in [0.2, 0.25) is 0 Å². The van der Waals surface area contributed by atoms with Gasteiger partial charge in [-0.1, -0.05) is 19.4 Å². The van der Waals surface area contributed by atoms with E-state index in [1.165, 1.54) is 0 Å². The number of thiophene rings is 1. The first-order chi connectivity index (χ1) is 8.24. The number of carbonyl (C=O) groups is 1. The van der Waals surface area contributed by atoms with E-state index in [0.29, 0.717) is 6.42 Å². The summed E-state index contributed by atoms with van der Waals surface area (Å²) in [5.41, 5.74) is 0. The Hall–Kier alpha value is -1.62. The fourth-order valence-electron chi connectivity index (χ4n) is 1.82. The van der Waals surface area contributed by atoms with Crippen molar-refractivity contribution in [1.82, 2.24) is 9.55 Å². The smallest absolute Gasteiger partial charge is 0.326 e. The van der Waals surface area contributed by atoms with E-state index in [0.717, 1.165) is 17.1 Å². The summed E-state index contributed by atoms with van der Waals surface area (Å²) in [5.74, 6) is -0.0662. The third kappa shape index (κ3) is 2.39. The Morgan fingerprint density at radius 1 is 1.65 bits per heavy atom. The van der Waals surface area contributed by atoms with Crippen molar-refractivity contribution in [1.29, 1.82) is 0 Å². The summed E-state index contributed by atoms with van der Waals surface area (Å²) in [6.45, 7) is 1.98. The van der Waals surface area contributed by atoms with Crippen LogP contribution in [-0.2, 0) is 4.79 Å². The summed E-state index contributed by atoms with van der Waals surface area (Å²) in [5, 5.41) is 11.2. The molecule has 17 heavy (non-hydrogen) atoms. The average molecular weight is 250 g/mol. The highest BCUT2D eigenvalue weighted by atomic mass is 32.1. The van der Waals surface area contributed by atoms with Crippen molar-refractivity contribution in [3.63, 3.8) is 0 Å². The molecule has 0 radical (unpaired) electrons. The van der Waals surface area contributed by atoms with E-state index in [2.05, 4.69) is 4.98 Å². The number of carboxylic acid groups (broad SMARTS) is 1. The molecule has 1 N–H and O–H groups in total. The molecule has 0 aromatic carbocycles. The zero-order chi connectivity index (χ0) is 12.3. The maximum Gasteiger partial charge on any atom is 0.326 e. The number of aliphatic carboxylic acids is 1. The molecular weight excluding hydrogens is 236 g/mol. The maximum absolute atomic E-state index is 11.3. The van der Waals surface area contributed by atoms with Gasteiger partial charge >= 0.3 is 5.97 Å². The van der Waals surface area contributed by atoms with Crippen molar-refractivity contribution in [2.75, 3.05) is 0 Å². The van der Waals surface area contributed by atoms with Crippen LogP contribution in [0.1, 0.15) is 25.8 Å². The van der Waals surface area contributed by atoms with Crippen LogP contribution in [0, 0.1) is 0 Å². The van der Waals surface area contributed by atoms with Crippen molar-refractivity contribution < 1.29 is 9.90 Å². The lowest BCUT2D eigenvalue weighted by atomic mass is 10.1. The molecule has 0 fully saturated rings. The number of nitrogens with zero attached hydrogens (tertiary/aromatic N) is 2. The van der Waals surface area contributed by atoms with Gasteiger partial charge in [-0.2, -0.15) is 0 Å². The van der Waals surface area contributed by atoms with Gasteiger partial charge in [0.2, 0.25) is 0 Å². The van der Waals surface area contributed by atoms with Gasteiger partial charge in [-0.3, -0.25) is 0 Å². The van der Waals surface area contributed by atoms with Gasteiger partial charge in [0.05, 0.1) is 4.88 Å². The third-order valence-electron chi connectivity index (χ3n) is 2.59. The van der Waals surface area contributed by atoms with Crippen LogP contribution in [0.15, 0.2) is 29.9 Å². The number of carboxylic acids is 1. The van der Waals surface area contributed by atoms with Gasteiger partial charge in [-0.25, -0.2) is 9.78 Å². The molecule has 0 saturated carbocycles. The topological polar surface area (TPSA) is 55.1 Å². The summed E-state index contributed by atoms with van der Waals surface area (Å²) >= 11 is 1.57. The normalized spacial score (nSPS) is 12.5. The predicted octanol–water partition coefficient (Wildman–Crippen LogP) is 3.04. The van der Waals surface area contributed by atoms with E-state index in [9.17, 15) is 9.90 Å². The lowest BCUT2D eigenvalue weighted by Crippen LogP contribution is -2.19. The zero-order valence-corrected chi connectivity index (χ0v) is 10.4. The van der Waals surface area contributed by atoms with Crippen molar-refractivity contribution in [3.05, 3.63) is 29.9 Å². The number of hydrogen-bond acceptors (Lipinski definition) is 3. The molecule has 1 unspecified atom stereocenters. The van der Waals surface area contributed by atoms with Crippen LogP contribution in [-0.4, -0.2) is 20.6 Å². The largest absolute Gasteiger partial charge is 0.480 e. The highest BCUT2D eigenvalue weighted by Crippen LogP contribution is 2.27. The highest BCUT2D eigenvalue weighted by molar-refractivity contribution is 7.13. The molecule has 0 aliphatic heterocycles. The van der Waals surface area contributed by atoms with Crippen LogP contribution in [0.3, 0.4) is 0 Å². The molecule has 0 saturated heterocycles. The molecule has 0 bridgehead atoms. The van der Waals surface area contributed by atoms with Crippen LogP contribution in [0.4, 0.5) is 0 Å². The molecule has 2 rings (SSSR count). The Morgan fingerprint density at radius 3 is 3.06 bits per heavy atom. The van der Waals surface area contributed by atoms with Crippen LogP contribution >= 0.6 is 11.3 Å². The predicted molar refractivity (Wildman–Crippen MR) is 67.1 cm³/mol. The summed E-state index contributed by atoms with van der Waals surface area (Å²) in [6, 6.07) is 3.36. The van der Waals surface area contributed by atoms with Crippen molar-refractivity contribution in [2.45, 2.75) is 25.8 Å². The fraction of sp³-hybridized carbons (Fsp3) is 0.333. The molecule has 0 aliphatic carbocycles. The zero-order valence-electron chi connectivity index (χ0n) is 9.54. The van der Waals surface area contributed by atoms with E-state index in [1.807, 2.05) is 24.4 Å². The molecule has 0 amide bonds. The van der Waals surface area contributed by atoms with Gasteiger partial charge < -0.3 is 9.67 Å². The van der Waals surface area contributed by atoms with Gasteiger partial charge in [0, 0.05) is 12.4 Å². The molecule has 0 aliphatic rings. The van der Waals surface area contributed by atoms with E-state index < -0.39 is 12.0 Å². The van der Waals surface area contributed by atoms with Gasteiger partial charge in [-0.05, 0) is 17.9 Å². The van der Waals surface area contributed by atoms with Crippen molar-refractivity contribution in [3.8, 4) is 10.7 Å². The maximum atomic E-state index is 11.3. The second kappa shape index (κ2) is 5.14. The average Bonchev–Trinajstić information content (AvgIpc) is 2.95. The number of imidazole rings is 1. The van der Waals surface area contributed by atoms with Gasteiger partial charge in [0.1, 0.15) is 6.04 Å². The number of hydrogen-bond donors (Lipinski definition) is 1. The van der Waals surface area contributed by atoms with Crippen molar-refractivity contribution in [2.24, 2.45) is 0 Å². The molecular formula is C12H14N2O2S. The van der Waals surface area contributed by atoms with E-state index >= 15 is 0 Å². The molecule has 4 nitrogen and oxygen atoms in total. The Balaban J connectivity index is 2.38. The second-order valence-corrected chi connectivity index (χ2v) is 4.73. The monoisotopic (exact) mass is 250 g/mol. The minimum atomic E-state index is -0.803. The Bertz CT molecular complexity index is 490. The van der Waals surface area contributed by atoms with E-state index in [1.54, 1.807) is 28.3 Å². The third-order valence-corrected chi connectivity index (χ3v) is 3.46.